The zero-order chi connectivity index (χ0) is 27.5. The zero-order valence-corrected chi connectivity index (χ0v) is 24.4. The Hall–Kier alpha value is -3.50. The van der Waals surface area contributed by atoms with E-state index in [2.05, 4.69) is 82.9 Å². The highest BCUT2D eigenvalue weighted by molar-refractivity contribution is 6.76. The lowest BCUT2D eigenvalue weighted by Gasteiger charge is -2.32. The molecule has 3 aromatic rings. The normalized spacial score (nSPS) is 14.6. The summed E-state index contributed by atoms with van der Waals surface area (Å²) < 4.78 is 5.42. The largest absolute Gasteiger partial charge is 0.462 e. The van der Waals surface area contributed by atoms with Gasteiger partial charge in [-0.25, -0.2) is 4.79 Å². The molecule has 4 rings (SSSR count). The SMILES string of the molecule is Cc1cccc(C2=CCC(C)(C)c3cc(C(=O)/C=C/c4ccc(C(=O)OCC[Si](C)(C)C)cc4)ccc32)c1. The summed E-state index contributed by atoms with van der Waals surface area (Å²) in [4.78, 5) is 25.4. The summed E-state index contributed by atoms with van der Waals surface area (Å²) in [5.74, 6) is -0.337. The Morgan fingerprint density at radius 1 is 0.947 bits per heavy atom. The summed E-state index contributed by atoms with van der Waals surface area (Å²) in [6.07, 6.45) is 6.65. The van der Waals surface area contributed by atoms with Gasteiger partial charge in [-0.2, -0.15) is 0 Å². The molecule has 0 unspecified atom stereocenters. The first-order valence-electron chi connectivity index (χ1n) is 13.3. The molecule has 0 heterocycles. The van der Waals surface area contributed by atoms with Crippen LogP contribution in [0.25, 0.3) is 11.6 Å². The molecule has 0 amide bonds. The average molecular weight is 523 g/mol. The number of benzene rings is 3. The summed E-state index contributed by atoms with van der Waals surface area (Å²) in [6, 6.07) is 22.8. The fourth-order valence-electron chi connectivity index (χ4n) is 4.69. The molecule has 0 aliphatic heterocycles. The third-order valence-corrected chi connectivity index (χ3v) is 8.83. The van der Waals surface area contributed by atoms with Crippen LogP contribution in [0.2, 0.25) is 25.7 Å². The van der Waals surface area contributed by atoms with Gasteiger partial charge in [0.15, 0.2) is 5.78 Å². The number of ketones is 1. The van der Waals surface area contributed by atoms with Crippen LogP contribution < -0.4 is 0 Å². The molecule has 0 N–H and O–H groups in total. The molecule has 0 spiro atoms. The third kappa shape index (κ3) is 6.67. The molecule has 0 fully saturated rings. The summed E-state index contributed by atoms with van der Waals surface area (Å²) >= 11 is 0. The van der Waals surface area contributed by atoms with Gasteiger partial charge < -0.3 is 4.74 Å². The van der Waals surface area contributed by atoms with Crippen molar-refractivity contribution in [2.24, 2.45) is 0 Å². The van der Waals surface area contributed by atoms with E-state index in [1.165, 1.54) is 27.8 Å². The van der Waals surface area contributed by atoms with Crippen LogP contribution in [0.1, 0.15) is 68.8 Å². The van der Waals surface area contributed by atoms with Crippen molar-refractivity contribution in [2.75, 3.05) is 6.61 Å². The van der Waals surface area contributed by atoms with Gasteiger partial charge in [-0.05, 0) is 76.9 Å². The van der Waals surface area contributed by atoms with Crippen LogP contribution in [0.4, 0.5) is 0 Å². The first kappa shape index (κ1) is 27.5. The predicted octanol–water partition coefficient (Wildman–Crippen LogP) is 8.50. The van der Waals surface area contributed by atoms with E-state index >= 15 is 0 Å². The minimum atomic E-state index is -1.24. The van der Waals surface area contributed by atoms with E-state index < -0.39 is 8.07 Å². The Balaban J connectivity index is 1.48. The number of carbonyl (C=O) groups excluding carboxylic acids is 2. The van der Waals surface area contributed by atoms with Crippen LogP contribution in [0.5, 0.6) is 0 Å². The van der Waals surface area contributed by atoms with Crippen molar-refractivity contribution in [1.29, 1.82) is 0 Å². The molecule has 1 aliphatic carbocycles. The van der Waals surface area contributed by atoms with Crippen molar-refractivity contribution in [3.8, 4) is 0 Å². The fraction of sp³-hybridized carbons (Fsp3) is 0.294. The highest BCUT2D eigenvalue weighted by Gasteiger charge is 2.29. The van der Waals surface area contributed by atoms with E-state index in [-0.39, 0.29) is 17.2 Å². The number of esters is 1. The van der Waals surface area contributed by atoms with Gasteiger partial charge in [0.2, 0.25) is 0 Å². The van der Waals surface area contributed by atoms with E-state index in [1.54, 1.807) is 24.3 Å². The van der Waals surface area contributed by atoms with E-state index in [1.807, 2.05) is 18.2 Å². The second kappa shape index (κ2) is 11.1. The molecule has 4 heteroatoms. The maximum Gasteiger partial charge on any atom is 0.338 e. The minimum Gasteiger partial charge on any atom is -0.462 e. The van der Waals surface area contributed by atoms with Crippen molar-refractivity contribution in [2.45, 2.75) is 58.3 Å². The molecule has 0 atom stereocenters. The molecule has 3 nitrogen and oxygen atoms in total. The topological polar surface area (TPSA) is 43.4 Å². The van der Waals surface area contributed by atoms with E-state index in [4.69, 9.17) is 4.74 Å². The molecule has 38 heavy (non-hydrogen) atoms. The van der Waals surface area contributed by atoms with Crippen LogP contribution >= 0.6 is 0 Å². The number of carbonyl (C=O) groups is 2. The van der Waals surface area contributed by atoms with Crippen LogP contribution in [-0.2, 0) is 10.2 Å². The summed E-state index contributed by atoms with van der Waals surface area (Å²) in [5, 5.41) is 0. The third-order valence-electron chi connectivity index (χ3n) is 7.13. The van der Waals surface area contributed by atoms with Crippen LogP contribution in [0, 0.1) is 6.92 Å². The number of ether oxygens (including phenoxy) is 1. The monoisotopic (exact) mass is 522 g/mol. The number of fused-ring (bicyclic) bond motifs is 1. The second-order valence-electron chi connectivity index (χ2n) is 12.1. The number of aryl methyl sites for hydroxylation is 1. The first-order valence-corrected chi connectivity index (χ1v) is 17.1. The number of rotatable bonds is 8. The van der Waals surface area contributed by atoms with Crippen molar-refractivity contribution >= 4 is 31.5 Å². The van der Waals surface area contributed by atoms with Crippen LogP contribution in [0.15, 0.2) is 78.9 Å². The molecule has 1 aliphatic rings. The lowest BCUT2D eigenvalue weighted by atomic mass is 9.71. The fourth-order valence-corrected chi connectivity index (χ4v) is 5.40. The van der Waals surface area contributed by atoms with Gasteiger partial charge in [-0.1, -0.05) is 99.7 Å². The molecule has 0 aromatic heterocycles. The lowest BCUT2D eigenvalue weighted by molar-refractivity contribution is 0.0525. The molecular formula is C34H38O3Si. The number of allylic oxidation sites excluding steroid dienone is 2. The van der Waals surface area contributed by atoms with Gasteiger partial charge in [-0.3, -0.25) is 4.79 Å². The average Bonchev–Trinajstić information content (AvgIpc) is 2.86. The Morgan fingerprint density at radius 2 is 1.66 bits per heavy atom. The summed E-state index contributed by atoms with van der Waals surface area (Å²) in [6.45, 7) is 13.8. The zero-order valence-electron chi connectivity index (χ0n) is 23.4. The van der Waals surface area contributed by atoms with Gasteiger partial charge in [0.25, 0.3) is 0 Å². The van der Waals surface area contributed by atoms with Crippen molar-refractivity contribution in [3.05, 3.63) is 118 Å². The smallest absolute Gasteiger partial charge is 0.338 e. The standard InChI is InChI=1S/C34H38O3Si/c1-24-8-7-9-27(22-24)29-18-19-34(2,3)31-23-28(15-16-30(29)31)32(35)17-12-25-10-13-26(14-11-25)33(36)37-20-21-38(4,5)6/h7-18,22-23H,19-21H2,1-6H3/b17-12+. The highest BCUT2D eigenvalue weighted by atomic mass is 28.3. The van der Waals surface area contributed by atoms with Crippen LogP contribution in [-0.4, -0.2) is 26.4 Å². The maximum absolute atomic E-state index is 13.1. The second-order valence-corrected chi connectivity index (χ2v) is 17.7. The van der Waals surface area contributed by atoms with Crippen molar-refractivity contribution < 1.29 is 14.3 Å². The van der Waals surface area contributed by atoms with Gasteiger partial charge in [0.1, 0.15) is 0 Å². The molecule has 3 aromatic carbocycles. The summed E-state index contributed by atoms with van der Waals surface area (Å²) in [5.41, 5.74) is 8.09. The Bertz CT molecular complexity index is 1400. The lowest BCUT2D eigenvalue weighted by Crippen LogP contribution is -2.22. The summed E-state index contributed by atoms with van der Waals surface area (Å²) in [7, 11) is -1.24. The Kier molecular flexibility index (Phi) is 8.03. The Labute approximate surface area is 228 Å². The van der Waals surface area contributed by atoms with Crippen molar-refractivity contribution in [3.63, 3.8) is 0 Å². The maximum atomic E-state index is 13.1. The van der Waals surface area contributed by atoms with Gasteiger partial charge in [0, 0.05) is 13.6 Å². The molecule has 0 saturated heterocycles. The number of hydrogen-bond donors (Lipinski definition) is 0. The quantitative estimate of drug-likeness (QED) is 0.129. The minimum absolute atomic E-state index is 0.0370. The molecule has 0 radical (unpaired) electrons. The van der Waals surface area contributed by atoms with Crippen molar-refractivity contribution in [1.82, 2.24) is 0 Å². The predicted molar refractivity (Wildman–Crippen MR) is 161 cm³/mol. The molecular weight excluding hydrogens is 484 g/mol. The Morgan fingerprint density at radius 3 is 2.34 bits per heavy atom. The van der Waals surface area contributed by atoms with E-state index in [0.29, 0.717) is 17.7 Å². The van der Waals surface area contributed by atoms with Crippen LogP contribution in [0.3, 0.4) is 0 Å². The number of hydrogen-bond acceptors (Lipinski definition) is 3. The highest BCUT2D eigenvalue weighted by Crippen LogP contribution is 2.42. The van der Waals surface area contributed by atoms with Gasteiger partial charge in [0.05, 0.1) is 12.2 Å². The molecule has 0 bridgehead atoms. The van der Waals surface area contributed by atoms with Gasteiger partial charge >= 0.3 is 5.97 Å². The molecule has 196 valence electrons. The van der Waals surface area contributed by atoms with Gasteiger partial charge in [-0.15, -0.1) is 0 Å². The van der Waals surface area contributed by atoms with E-state index in [9.17, 15) is 9.59 Å². The molecule has 0 saturated carbocycles. The van der Waals surface area contributed by atoms with E-state index in [0.717, 1.165) is 18.0 Å². The first-order chi connectivity index (χ1) is 17.9.